The first-order valence-electron chi connectivity index (χ1n) is 8.56. The maximum Gasteiger partial charge on any atom is 0.263 e. The zero-order valence-electron chi connectivity index (χ0n) is 14.7. The van der Waals surface area contributed by atoms with E-state index in [0.29, 0.717) is 5.69 Å². The SMILES string of the molecule is C=CC1=C(C=CC)C(n2cccc(C(=O)Nc3ccncc3)c2=O)CC1. The molecule has 0 fully saturated rings. The number of rotatable bonds is 5. The van der Waals surface area contributed by atoms with Crippen LogP contribution in [0.1, 0.15) is 36.2 Å². The number of hydrogen-bond donors (Lipinski definition) is 1. The molecule has 3 rings (SSSR count). The third-order valence-electron chi connectivity index (χ3n) is 4.50. The van der Waals surface area contributed by atoms with Crippen LogP contribution in [0, 0.1) is 0 Å². The summed E-state index contributed by atoms with van der Waals surface area (Å²) >= 11 is 0. The third-order valence-corrected chi connectivity index (χ3v) is 4.50. The Morgan fingerprint density at radius 1 is 1.35 bits per heavy atom. The predicted octanol–water partition coefficient (Wildman–Crippen LogP) is 3.89. The maximum absolute atomic E-state index is 12.9. The molecule has 2 heterocycles. The topological polar surface area (TPSA) is 64.0 Å². The van der Waals surface area contributed by atoms with Crippen LogP contribution in [0.25, 0.3) is 0 Å². The fourth-order valence-electron chi connectivity index (χ4n) is 3.27. The lowest BCUT2D eigenvalue weighted by atomic mass is 10.1. The molecule has 132 valence electrons. The van der Waals surface area contributed by atoms with Crippen LogP contribution in [-0.2, 0) is 0 Å². The number of nitrogens with one attached hydrogen (secondary N) is 1. The van der Waals surface area contributed by atoms with Crippen molar-refractivity contribution in [1.82, 2.24) is 9.55 Å². The van der Waals surface area contributed by atoms with Gasteiger partial charge in [-0.3, -0.25) is 14.6 Å². The number of amides is 1. The Hall–Kier alpha value is -3.21. The molecule has 1 aliphatic carbocycles. The number of carbonyl (C=O) groups is 1. The van der Waals surface area contributed by atoms with Crippen LogP contribution in [0.3, 0.4) is 0 Å². The molecular weight excluding hydrogens is 326 g/mol. The van der Waals surface area contributed by atoms with Gasteiger partial charge in [0.15, 0.2) is 0 Å². The van der Waals surface area contributed by atoms with Crippen molar-refractivity contribution in [2.45, 2.75) is 25.8 Å². The summed E-state index contributed by atoms with van der Waals surface area (Å²) in [6, 6.07) is 6.57. The van der Waals surface area contributed by atoms with Gasteiger partial charge in [-0.05, 0) is 55.2 Å². The second kappa shape index (κ2) is 7.78. The van der Waals surface area contributed by atoms with Crippen molar-refractivity contribution in [1.29, 1.82) is 0 Å². The molecule has 0 aliphatic heterocycles. The summed E-state index contributed by atoms with van der Waals surface area (Å²) in [7, 11) is 0. The van der Waals surface area contributed by atoms with Gasteiger partial charge in [-0.15, -0.1) is 0 Å². The van der Waals surface area contributed by atoms with E-state index in [1.54, 1.807) is 47.4 Å². The van der Waals surface area contributed by atoms with Crippen LogP contribution >= 0.6 is 0 Å². The molecule has 1 amide bonds. The number of pyridine rings is 2. The van der Waals surface area contributed by atoms with Crippen molar-refractivity contribution in [3.8, 4) is 0 Å². The Balaban J connectivity index is 1.95. The first kappa shape index (κ1) is 17.6. The van der Waals surface area contributed by atoms with E-state index in [-0.39, 0.29) is 17.2 Å². The van der Waals surface area contributed by atoms with Crippen LogP contribution < -0.4 is 10.9 Å². The fourth-order valence-corrected chi connectivity index (χ4v) is 3.27. The van der Waals surface area contributed by atoms with Gasteiger partial charge in [0.1, 0.15) is 5.56 Å². The third kappa shape index (κ3) is 3.42. The zero-order chi connectivity index (χ0) is 18.5. The van der Waals surface area contributed by atoms with E-state index < -0.39 is 5.91 Å². The van der Waals surface area contributed by atoms with E-state index in [0.717, 1.165) is 24.0 Å². The van der Waals surface area contributed by atoms with Crippen molar-refractivity contribution in [2.24, 2.45) is 0 Å². The van der Waals surface area contributed by atoms with Gasteiger partial charge in [0, 0.05) is 24.3 Å². The van der Waals surface area contributed by atoms with Gasteiger partial charge < -0.3 is 9.88 Å². The summed E-state index contributed by atoms with van der Waals surface area (Å²) in [6.07, 6.45) is 12.4. The second-order valence-corrected chi connectivity index (χ2v) is 6.06. The number of hydrogen-bond acceptors (Lipinski definition) is 3. The van der Waals surface area contributed by atoms with E-state index in [1.807, 2.05) is 25.2 Å². The lowest BCUT2D eigenvalue weighted by molar-refractivity contribution is 0.102. The van der Waals surface area contributed by atoms with Crippen molar-refractivity contribution in [3.05, 3.63) is 94.7 Å². The van der Waals surface area contributed by atoms with Gasteiger partial charge >= 0.3 is 0 Å². The lowest BCUT2D eigenvalue weighted by Crippen LogP contribution is -2.31. The minimum Gasteiger partial charge on any atom is -0.322 e. The van der Waals surface area contributed by atoms with Crippen molar-refractivity contribution < 1.29 is 4.79 Å². The summed E-state index contributed by atoms with van der Waals surface area (Å²) in [6.45, 7) is 5.82. The summed E-state index contributed by atoms with van der Waals surface area (Å²) in [5.74, 6) is -0.422. The van der Waals surface area contributed by atoms with E-state index >= 15 is 0 Å². The zero-order valence-corrected chi connectivity index (χ0v) is 14.7. The minimum atomic E-state index is -0.422. The first-order chi connectivity index (χ1) is 12.7. The highest BCUT2D eigenvalue weighted by Gasteiger charge is 2.25. The second-order valence-electron chi connectivity index (χ2n) is 6.06. The molecule has 0 saturated carbocycles. The van der Waals surface area contributed by atoms with Crippen LogP contribution in [0.4, 0.5) is 5.69 Å². The molecule has 2 aromatic heterocycles. The Morgan fingerprint density at radius 3 is 2.81 bits per heavy atom. The van der Waals surface area contributed by atoms with E-state index in [9.17, 15) is 9.59 Å². The highest BCUT2D eigenvalue weighted by atomic mass is 16.2. The van der Waals surface area contributed by atoms with E-state index in [1.165, 1.54) is 0 Å². The van der Waals surface area contributed by atoms with Gasteiger partial charge in [0.05, 0.1) is 6.04 Å². The molecular formula is C21H21N3O2. The van der Waals surface area contributed by atoms with Crippen molar-refractivity contribution >= 4 is 11.6 Å². The largest absolute Gasteiger partial charge is 0.322 e. The number of allylic oxidation sites excluding steroid dienone is 5. The molecule has 26 heavy (non-hydrogen) atoms. The number of nitrogens with zero attached hydrogens (tertiary/aromatic N) is 2. The molecule has 1 atom stereocenters. The molecule has 1 aliphatic rings. The number of aromatic nitrogens is 2. The van der Waals surface area contributed by atoms with Crippen LogP contribution in [0.5, 0.6) is 0 Å². The molecule has 0 aromatic carbocycles. The Kier molecular flexibility index (Phi) is 5.27. The van der Waals surface area contributed by atoms with Gasteiger partial charge in [0.25, 0.3) is 11.5 Å². The Bertz CT molecular complexity index is 939. The van der Waals surface area contributed by atoms with Crippen LogP contribution in [0.15, 0.2) is 83.6 Å². The normalized spacial score (nSPS) is 16.9. The first-order valence-corrected chi connectivity index (χ1v) is 8.56. The summed E-state index contributed by atoms with van der Waals surface area (Å²) in [5.41, 5.74) is 2.65. The van der Waals surface area contributed by atoms with Gasteiger partial charge in [-0.2, -0.15) is 0 Å². The average molecular weight is 347 g/mol. The Labute approximate surface area is 152 Å². The lowest BCUT2D eigenvalue weighted by Gasteiger charge is -2.17. The molecule has 1 N–H and O–H groups in total. The number of anilines is 1. The molecule has 0 radical (unpaired) electrons. The van der Waals surface area contributed by atoms with Gasteiger partial charge in [-0.25, -0.2) is 0 Å². The maximum atomic E-state index is 12.9. The van der Waals surface area contributed by atoms with Crippen molar-refractivity contribution in [2.75, 3.05) is 5.32 Å². The van der Waals surface area contributed by atoms with Crippen LogP contribution in [0.2, 0.25) is 0 Å². The highest BCUT2D eigenvalue weighted by Crippen LogP contribution is 2.36. The summed E-state index contributed by atoms with van der Waals surface area (Å²) < 4.78 is 1.65. The molecule has 0 bridgehead atoms. The Morgan fingerprint density at radius 2 is 2.12 bits per heavy atom. The quantitative estimate of drug-likeness (QED) is 0.892. The van der Waals surface area contributed by atoms with Gasteiger partial charge in [0.2, 0.25) is 0 Å². The van der Waals surface area contributed by atoms with Crippen molar-refractivity contribution in [3.63, 3.8) is 0 Å². The smallest absolute Gasteiger partial charge is 0.263 e. The monoisotopic (exact) mass is 347 g/mol. The van der Waals surface area contributed by atoms with E-state index in [2.05, 4.69) is 16.9 Å². The molecule has 5 nitrogen and oxygen atoms in total. The predicted molar refractivity (Wildman–Crippen MR) is 103 cm³/mol. The molecule has 1 unspecified atom stereocenters. The van der Waals surface area contributed by atoms with E-state index in [4.69, 9.17) is 0 Å². The number of carbonyl (C=O) groups excluding carboxylic acids is 1. The standard InChI is InChI=1S/C21H21N3O2/c1-3-6-17-15(4-2)8-9-19(17)24-14-5-7-18(21(24)26)20(25)23-16-10-12-22-13-11-16/h3-7,10-14,19H,2,8-9H2,1H3,(H,22,23,25). The highest BCUT2D eigenvalue weighted by molar-refractivity contribution is 6.03. The summed E-state index contributed by atoms with van der Waals surface area (Å²) in [4.78, 5) is 29.4. The molecule has 5 heteroatoms. The fraction of sp³-hybridized carbons (Fsp3) is 0.190. The average Bonchev–Trinajstić information content (AvgIpc) is 3.05. The summed E-state index contributed by atoms with van der Waals surface area (Å²) in [5, 5.41) is 2.74. The van der Waals surface area contributed by atoms with Gasteiger partial charge in [-0.1, -0.05) is 24.8 Å². The molecule has 0 saturated heterocycles. The van der Waals surface area contributed by atoms with Crippen LogP contribution in [-0.4, -0.2) is 15.5 Å². The molecule has 2 aromatic rings. The minimum absolute atomic E-state index is 0.0830. The molecule has 0 spiro atoms.